The molecule has 0 saturated carbocycles. The lowest BCUT2D eigenvalue weighted by atomic mass is 10.1. The zero-order valence-corrected chi connectivity index (χ0v) is 15.4. The van der Waals surface area contributed by atoms with Crippen molar-refractivity contribution in [1.29, 1.82) is 0 Å². The Bertz CT molecular complexity index is 1070. The third-order valence-electron chi connectivity index (χ3n) is 3.72. The van der Waals surface area contributed by atoms with Crippen LogP contribution in [-0.4, -0.2) is 21.3 Å². The van der Waals surface area contributed by atoms with Gasteiger partial charge in [-0.05, 0) is 23.3 Å². The molecule has 8 heteroatoms. The number of rotatable bonds is 5. The molecule has 4 aromatic rings. The summed E-state index contributed by atoms with van der Waals surface area (Å²) in [4.78, 5) is 12.1. The zero-order chi connectivity index (χ0) is 17.9. The van der Waals surface area contributed by atoms with Crippen molar-refractivity contribution in [3.63, 3.8) is 0 Å². The quantitative estimate of drug-likeness (QED) is 0.403. The molecule has 26 heavy (non-hydrogen) atoms. The number of nitrogens with zero attached hydrogens (tertiary/aromatic N) is 3. The molecule has 130 valence electrons. The average Bonchev–Trinajstić information content (AvgIpc) is 3.29. The minimum atomic E-state index is -0.358. The molecule has 2 heterocycles. The van der Waals surface area contributed by atoms with Crippen LogP contribution in [0.15, 0.2) is 57.4 Å². The number of carbonyl (C=O) groups excluding carboxylic acids is 1. The summed E-state index contributed by atoms with van der Waals surface area (Å²) in [6.07, 6.45) is 0. The molecule has 0 aliphatic heterocycles. The van der Waals surface area contributed by atoms with Gasteiger partial charge in [0.1, 0.15) is 5.76 Å². The van der Waals surface area contributed by atoms with Crippen LogP contribution in [0, 0.1) is 6.92 Å². The Labute approximate surface area is 157 Å². The van der Waals surface area contributed by atoms with E-state index >= 15 is 0 Å². The van der Waals surface area contributed by atoms with Crippen LogP contribution in [0.5, 0.6) is 0 Å². The number of benzene rings is 2. The summed E-state index contributed by atoms with van der Waals surface area (Å²) in [6.45, 7) is 1.73. The van der Waals surface area contributed by atoms with Crippen molar-refractivity contribution in [2.45, 2.75) is 17.0 Å². The van der Waals surface area contributed by atoms with Gasteiger partial charge in [0.2, 0.25) is 5.13 Å². The van der Waals surface area contributed by atoms with Crippen LogP contribution in [0.1, 0.15) is 21.8 Å². The van der Waals surface area contributed by atoms with Crippen molar-refractivity contribution in [1.82, 2.24) is 15.4 Å². The van der Waals surface area contributed by atoms with Gasteiger partial charge in [0, 0.05) is 11.8 Å². The molecule has 6 nitrogen and oxygen atoms in total. The van der Waals surface area contributed by atoms with Crippen LogP contribution in [0.2, 0.25) is 0 Å². The van der Waals surface area contributed by atoms with Crippen molar-refractivity contribution >= 4 is 44.9 Å². The SMILES string of the molecule is Cc1cc(C(=O)Nc2nnc(SCc3cccc4ccccc34)s2)no1. The van der Waals surface area contributed by atoms with Crippen molar-refractivity contribution < 1.29 is 9.32 Å². The maximum atomic E-state index is 12.1. The number of hydrogen-bond acceptors (Lipinski definition) is 7. The Morgan fingerprint density at radius 2 is 2.04 bits per heavy atom. The first-order valence-electron chi connectivity index (χ1n) is 7.86. The van der Waals surface area contributed by atoms with Gasteiger partial charge in [0.05, 0.1) is 0 Å². The van der Waals surface area contributed by atoms with E-state index in [9.17, 15) is 4.79 Å². The lowest BCUT2D eigenvalue weighted by molar-refractivity contribution is 0.101. The first-order valence-corrected chi connectivity index (χ1v) is 9.67. The van der Waals surface area contributed by atoms with Gasteiger partial charge in [-0.25, -0.2) is 0 Å². The topological polar surface area (TPSA) is 80.9 Å². The third-order valence-corrected chi connectivity index (χ3v) is 5.74. The molecule has 4 rings (SSSR count). The highest BCUT2D eigenvalue weighted by Gasteiger charge is 2.14. The molecule has 0 radical (unpaired) electrons. The Hall–Kier alpha value is -2.71. The molecule has 1 N–H and O–H groups in total. The number of thioether (sulfide) groups is 1. The molecule has 0 fully saturated rings. The van der Waals surface area contributed by atoms with E-state index < -0.39 is 0 Å². The Kier molecular flexibility index (Phi) is 4.68. The number of anilines is 1. The summed E-state index contributed by atoms with van der Waals surface area (Å²) >= 11 is 2.93. The fourth-order valence-corrected chi connectivity index (χ4v) is 4.26. The molecule has 0 aliphatic rings. The van der Waals surface area contributed by atoms with Gasteiger partial charge in [0.25, 0.3) is 5.91 Å². The lowest BCUT2D eigenvalue weighted by Crippen LogP contribution is -2.11. The van der Waals surface area contributed by atoms with Crippen molar-refractivity contribution in [3.8, 4) is 0 Å². The number of nitrogens with one attached hydrogen (secondary N) is 1. The van der Waals surface area contributed by atoms with Crippen LogP contribution >= 0.6 is 23.1 Å². The maximum Gasteiger partial charge on any atom is 0.279 e. The normalized spacial score (nSPS) is 11.0. The van der Waals surface area contributed by atoms with E-state index in [1.54, 1.807) is 24.8 Å². The van der Waals surface area contributed by atoms with Gasteiger partial charge in [-0.15, -0.1) is 10.2 Å². The Balaban J connectivity index is 1.43. The highest BCUT2D eigenvalue weighted by molar-refractivity contribution is 8.00. The van der Waals surface area contributed by atoms with Gasteiger partial charge in [0.15, 0.2) is 10.0 Å². The van der Waals surface area contributed by atoms with E-state index in [4.69, 9.17) is 4.52 Å². The minimum absolute atomic E-state index is 0.225. The number of fused-ring (bicyclic) bond motifs is 1. The smallest absolute Gasteiger partial charge is 0.279 e. The van der Waals surface area contributed by atoms with Crippen molar-refractivity contribution in [2.75, 3.05) is 5.32 Å². The average molecular weight is 382 g/mol. The second-order valence-electron chi connectivity index (χ2n) is 5.58. The predicted octanol–water partition coefficient (Wildman–Crippen LogP) is 4.53. The van der Waals surface area contributed by atoms with E-state index in [1.165, 1.54) is 27.7 Å². The van der Waals surface area contributed by atoms with E-state index in [-0.39, 0.29) is 11.6 Å². The predicted molar refractivity (Wildman–Crippen MR) is 103 cm³/mol. The van der Waals surface area contributed by atoms with E-state index in [0.717, 1.165) is 10.1 Å². The summed E-state index contributed by atoms with van der Waals surface area (Å²) in [5.74, 6) is 1.01. The Morgan fingerprint density at radius 1 is 1.19 bits per heavy atom. The third kappa shape index (κ3) is 3.61. The standard InChI is InChI=1S/C18H14N4O2S2/c1-11-9-15(22-24-11)16(23)19-17-20-21-18(26-17)25-10-13-7-4-6-12-5-2-3-8-14(12)13/h2-9H,10H2,1H3,(H,19,20,23). The second-order valence-corrected chi connectivity index (χ2v) is 7.78. The molecular weight excluding hydrogens is 368 g/mol. The van der Waals surface area contributed by atoms with Gasteiger partial charge in [-0.2, -0.15) is 0 Å². The zero-order valence-electron chi connectivity index (χ0n) is 13.8. The van der Waals surface area contributed by atoms with Crippen LogP contribution in [-0.2, 0) is 5.75 Å². The number of aryl methyl sites for hydroxylation is 1. The number of hydrogen-bond donors (Lipinski definition) is 1. The molecule has 2 aromatic carbocycles. The van der Waals surface area contributed by atoms with Crippen LogP contribution in [0.25, 0.3) is 10.8 Å². The lowest BCUT2D eigenvalue weighted by Gasteiger charge is -2.04. The summed E-state index contributed by atoms with van der Waals surface area (Å²) in [6, 6.07) is 16.2. The number of aromatic nitrogens is 3. The molecule has 2 aromatic heterocycles. The summed E-state index contributed by atoms with van der Waals surface area (Å²) in [5.41, 5.74) is 1.47. The fraction of sp³-hybridized carbons (Fsp3) is 0.111. The maximum absolute atomic E-state index is 12.1. The number of amides is 1. The van der Waals surface area contributed by atoms with Gasteiger partial charge < -0.3 is 4.52 Å². The highest BCUT2D eigenvalue weighted by atomic mass is 32.2. The van der Waals surface area contributed by atoms with Crippen molar-refractivity contribution in [2.24, 2.45) is 0 Å². The molecule has 0 bridgehead atoms. The summed E-state index contributed by atoms with van der Waals surface area (Å²) in [5, 5.41) is 17.4. The van der Waals surface area contributed by atoms with E-state index in [1.807, 2.05) is 12.1 Å². The molecular formula is C18H14N4O2S2. The summed E-state index contributed by atoms with van der Waals surface area (Å²) in [7, 11) is 0. The van der Waals surface area contributed by atoms with E-state index in [0.29, 0.717) is 10.9 Å². The van der Waals surface area contributed by atoms with Gasteiger partial charge in [-0.3, -0.25) is 10.1 Å². The van der Waals surface area contributed by atoms with Crippen LogP contribution < -0.4 is 5.32 Å². The number of carbonyl (C=O) groups is 1. The molecule has 0 saturated heterocycles. The molecule has 0 spiro atoms. The molecule has 0 aliphatic carbocycles. The highest BCUT2D eigenvalue weighted by Crippen LogP contribution is 2.30. The van der Waals surface area contributed by atoms with Gasteiger partial charge in [-0.1, -0.05) is 70.7 Å². The van der Waals surface area contributed by atoms with Gasteiger partial charge >= 0.3 is 0 Å². The van der Waals surface area contributed by atoms with E-state index in [2.05, 4.69) is 51.0 Å². The van der Waals surface area contributed by atoms with Crippen LogP contribution in [0.3, 0.4) is 0 Å². The van der Waals surface area contributed by atoms with Crippen LogP contribution in [0.4, 0.5) is 5.13 Å². The molecule has 1 amide bonds. The molecule has 0 atom stereocenters. The minimum Gasteiger partial charge on any atom is -0.361 e. The Morgan fingerprint density at radius 3 is 2.88 bits per heavy atom. The largest absolute Gasteiger partial charge is 0.361 e. The first kappa shape index (κ1) is 16.7. The fourth-order valence-electron chi connectivity index (χ4n) is 2.51. The van der Waals surface area contributed by atoms with Crippen molar-refractivity contribution in [3.05, 3.63) is 65.5 Å². The summed E-state index contributed by atoms with van der Waals surface area (Å²) < 4.78 is 5.70. The first-order chi connectivity index (χ1) is 12.7. The molecule has 0 unspecified atom stereocenters. The monoisotopic (exact) mass is 382 g/mol. The second kappa shape index (κ2) is 7.27.